The fraction of sp³-hybridized carbons (Fsp3) is 0.133. The molecule has 7 heteroatoms. The molecule has 0 unspecified atom stereocenters. The standard InChI is InChI=1S/C15H12BrF2NO2S/c1-21-12-4-2-3-5-13(12)22-8-14(20)19-15-10(16)6-9(17)7-11(15)18/h2-7H,8H2,1H3,(H,19,20). The Morgan fingerprint density at radius 2 is 2.05 bits per heavy atom. The molecule has 1 N–H and O–H groups in total. The van der Waals surface area contributed by atoms with E-state index in [1.54, 1.807) is 13.2 Å². The van der Waals surface area contributed by atoms with E-state index >= 15 is 0 Å². The minimum absolute atomic E-state index is 0.0730. The third-order valence-corrected chi connectivity index (χ3v) is 4.38. The molecule has 0 saturated heterocycles. The van der Waals surface area contributed by atoms with Crippen LogP contribution in [0.4, 0.5) is 14.5 Å². The van der Waals surface area contributed by atoms with E-state index in [1.807, 2.05) is 18.2 Å². The Labute approximate surface area is 139 Å². The summed E-state index contributed by atoms with van der Waals surface area (Å²) in [6.45, 7) is 0. The molecule has 0 atom stereocenters. The van der Waals surface area contributed by atoms with E-state index in [9.17, 15) is 13.6 Å². The van der Waals surface area contributed by atoms with Crippen LogP contribution in [0.1, 0.15) is 0 Å². The van der Waals surface area contributed by atoms with Gasteiger partial charge in [-0.1, -0.05) is 12.1 Å². The zero-order valence-electron chi connectivity index (χ0n) is 11.5. The van der Waals surface area contributed by atoms with Crippen molar-refractivity contribution in [2.24, 2.45) is 0 Å². The number of hydrogen-bond donors (Lipinski definition) is 1. The first-order chi connectivity index (χ1) is 10.5. The fourth-order valence-corrected chi connectivity index (χ4v) is 3.05. The summed E-state index contributed by atoms with van der Waals surface area (Å²) in [6, 6.07) is 9.08. The van der Waals surface area contributed by atoms with E-state index in [0.29, 0.717) is 11.8 Å². The van der Waals surface area contributed by atoms with Crippen molar-refractivity contribution in [1.82, 2.24) is 0 Å². The van der Waals surface area contributed by atoms with Crippen LogP contribution < -0.4 is 10.1 Å². The van der Waals surface area contributed by atoms with Gasteiger partial charge in [0.25, 0.3) is 0 Å². The molecule has 0 saturated carbocycles. The number of halogens is 3. The van der Waals surface area contributed by atoms with Gasteiger partial charge in [0.1, 0.15) is 11.6 Å². The molecule has 3 nitrogen and oxygen atoms in total. The third kappa shape index (κ3) is 4.20. The van der Waals surface area contributed by atoms with E-state index in [4.69, 9.17) is 4.74 Å². The van der Waals surface area contributed by atoms with Gasteiger partial charge in [-0.25, -0.2) is 8.78 Å². The van der Waals surface area contributed by atoms with Crippen molar-refractivity contribution < 1.29 is 18.3 Å². The van der Waals surface area contributed by atoms with Gasteiger partial charge in [0.15, 0.2) is 5.82 Å². The number of anilines is 1. The molecule has 0 fully saturated rings. The lowest BCUT2D eigenvalue weighted by atomic mass is 10.3. The second-order valence-electron chi connectivity index (χ2n) is 4.23. The SMILES string of the molecule is COc1ccccc1SCC(=O)Nc1c(F)cc(F)cc1Br. The Bertz CT molecular complexity index is 674. The van der Waals surface area contributed by atoms with Crippen LogP contribution in [-0.2, 0) is 4.79 Å². The number of rotatable bonds is 5. The molecule has 116 valence electrons. The summed E-state index contributed by atoms with van der Waals surface area (Å²) in [4.78, 5) is 12.7. The van der Waals surface area contributed by atoms with E-state index < -0.39 is 17.5 Å². The van der Waals surface area contributed by atoms with Gasteiger partial charge in [0.2, 0.25) is 5.91 Å². The van der Waals surface area contributed by atoms with Crippen molar-refractivity contribution in [3.05, 3.63) is 52.5 Å². The second kappa shape index (κ2) is 7.60. The van der Waals surface area contributed by atoms with Gasteiger partial charge in [-0.15, -0.1) is 11.8 Å². The summed E-state index contributed by atoms with van der Waals surface area (Å²) >= 11 is 4.29. The molecule has 1 amide bonds. The normalized spacial score (nSPS) is 10.4. The van der Waals surface area contributed by atoms with Gasteiger partial charge in [0, 0.05) is 15.4 Å². The van der Waals surface area contributed by atoms with Crippen molar-refractivity contribution in [3.63, 3.8) is 0 Å². The number of para-hydroxylation sites is 1. The molecule has 2 aromatic rings. The molecular formula is C15H12BrF2NO2S. The van der Waals surface area contributed by atoms with Gasteiger partial charge >= 0.3 is 0 Å². The molecular weight excluding hydrogens is 376 g/mol. The Kier molecular flexibility index (Phi) is 5.79. The average Bonchev–Trinajstić information content (AvgIpc) is 2.49. The Morgan fingerprint density at radius 3 is 2.73 bits per heavy atom. The number of hydrogen-bond acceptors (Lipinski definition) is 3. The Morgan fingerprint density at radius 1 is 1.32 bits per heavy atom. The summed E-state index contributed by atoms with van der Waals surface area (Å²) < 4.78 is 32.0. The summed E-state index contributed by atoms with van der Waals surface area (Å²) in [5, 5.41) is 2.42. The highest BCUT2D eigenvalue weighted by Crippen LogP contribution is 2.30. The molecule has 0 aromatic heterocycles. The number of carbonyl (C=O) groups is 1. The fourth-order valence-electron chi connectivity index (χ4n) is 1.72. The highest BCUT2D eigenvalue weighted by molar-refractivity contribution is 9.10. The first kappa shape index (κ1) is 16.8. The Hall–Kier alpha value is -1.60. The molecule has 0 spiro atoms. The van der Waals surface area contributed by atoms with Crippen LogP contribution in [0.5, 0.6) is 5.75 Å². The molecule has 22 heavy (non-hydrogen) atoms. The van der Waals surface area contributed by atoms with Crippen LogP contribution in [0.3, 0.4) is 0 Å². The molecule has 2 rings (SSSR count). The predicted octanol–water partition coefficient (Wildman–Crippen LogP) is 4.47. The van der Waals surface area contributed by atoms with Crippen LogP contribution in [0.15, 0.2) is 45.8 Å². The number of benzene rings is 2. The molecule has 2 aromatic carbocycles. The number of amides is 1. The molecule has 0 bridgehead atoms. The maximum Gasteiger partial charge on any atom is 0.234 e. The number of thioether (sulfide) groups is 1. The summed E-state index contributed by atoms with van der Waals surface area (Å²) in [6.07, 6.45) is 0. The minimum atomic E-state index is -0.831. The van der Waals surface area contributed by atoms with Gasteiger partial charge in [-0.2, -0.15) is 0 Å². The highest BCUT2D eigenvalue weighted by atomic mass is 79.9. The minimum Gasteiger partial charge on any atom is -0.496 e. The van der Waals surface area contributed by atoms with Crippen molar-refractivity contribution in [2.75, 3.05) is 18.2 Å². The maximum atomic E-state index is 13.6. The van der Waals surface area contributed by atoms with E-state index in [1.165, 1.54) is 11.8 Å². The summed E-state index contributed by atoms with van der Waals surface area (Å²) in [5.74, 6) is -1.21. The first-order valence-electron chi connectivity index (χ1n) is 6.21. The lowest BCUT2D eigenvalue weighted by Gasteiger charge is -2.10. The van der Waals surface area contributed by atoms with Gasteiger partial charge in [-0.05, 0) is 34.1 Å². The van der Waals surface area contributed by atoms with Crippen LogP contribution in [0.2, 0.25) is 0 Å². The van der Waals surface area contributed by atoms with Gasteiger partial charge in [-0.3, -0.25) is 4.79 Å². The van der Waals surface area contributed by atoms with Crippen molar-refractivity contribution >= 4 is 39.3 Å². The summed E-state index contributed by atoms with van der Waals surface area (Å²) in [5.41, 5.74) is -0.0768. The van der Waals surface area contributed by atoms with Crippen molar-refractivity contribution in [2.45, 2.75) is 4.90 Å². The third-order valence-electron chi connectivity index (χ3n) is 2.70. The van der Waals surface area contributed by atoms with E-state index in [2.05, 4.69) is 21.2 Å². The van der Waals surface area contributed by atoms with Crippen molar-refractivity contribution in [3.8, 4) is 5.75 Å². The smallest absolute Gasteiger partial charge is 0.234 e. The number of carbonyl (C=O) groups excluding carboxylic acids is 1. The lowest BCUT2D eigenvalue weighted by Crippen LogP contribution is -2.15. The quantitative estimate of drug-likeness (QED) is 0.769. The van der Waals surface area contributed by atoms with Gasteiger partial charge in [0.05, 0.1) is 18.6 Å². The number of methoxy groups -OCH3 is 1. The monoisotopic (exact) mass is 387 g/mol. The van der Waals surface area contributed by atoms with E-state index in [-0.39, 0.29) is 15.9 Å². The van der Waals surface area contributed by atoms with Crippen LogP contribution >= 0.6 is 27.7 Å². The van der Waals surface area contributed by atoms with E-state index in [0.717, 1.165) is 11.0 Å². The summed E-state index contributed by atoms with van der Waals surface area (Å²) in [7, 11) is 1.55. The first-order valence-corrected chi connectivity index (χ1v) is 7.99. The lowest BCUT2D eigenvalue weighted by molar-refractivity contribution is -0.113. The maximum absolute atomic E-state index is 13.6. The molecule has 0 radical (unpaired) electrons. The Balaban J connectivity index is 2.02. The highest BCUT2D eigenvalue weighted by Gasteiger charge is 2.13. The van der Waals surface area contributed by atoms with Crippen molar-refractivity contribution in [1.29, 1.82) is 0 Å². The topological polar surface area (TPSA) is 38.3 Å². The average molecular weight is 388 g/mol. The largest absolute Gasteiger partial charge is 0.496 e. The molecule has 0 aliphatic heterocycles. The zero-order valence-corrected chi connectivity index (χ0v) is 13.9. The second-order valence-corrected chi connectivity index (χ2v) is 6.10. The number of ether oxygens (including phenoxy) is 1. The molecule has 0 aliphatic rings. The zero-order chi connectivity index (χ0) is 16.1. The molecule has 0 aliphatic carbocycles. The number of nitrogens with one attached hydrogen (secondary N) is 1. The van der Waals surface area contributed by atoms with Crippen LogP contribution in [0, 0.1) is 11.6 Å². The van der Waals surface area contributed by atoms with Crippen LogP contribution in [0.25, 0.3) is 0 Å². The van der Waals surface area contributed by atoms with Crippen LogP contribution in [-0.4, -0.2) is 18.8 Å². The predicted molar refractivity (Wildman–Crippen MR) is 86.4 cm³/mol. The molecule has 0 heterocycles. The van der Waals surface area contributed by atoms with Gasteiger partial charge < -0.3 is 10.1 Å².